The van der Waals surface area contributed by atoms with Crippen molar-refractivity contribution in [3.63, 3.8) is 0 Å². The van der Waals surface area contributed by atoms with E-state index >= 15 is 0 Å². The van der Waals surface area contributed by atoms with Gasteiger partial charge in [-0.25, -0.2) is 0 Å². The molecule has 0 unspecified atom stereocenters. The number of para-hydroxylation sites is 1. The monoisotopic (exact) mass is 183 g/mol. The molecule has 1 N–H and O–H groups in total. The van der Waals surface area contributed by atoms with Gasteiger partial charge in [-0.1, -0.05) is 24.3 Å². The van der Waals surface area contributed by atoms with Crippen LogP contribution in [0.4, 0.5) is 0 Å². The SMILES string of the molecule is O=C1C=CCc2c1[nH]c1ccccc21. The first-order valence-electron chi connectivity index (χ1n) is 4.67. The maximum Gasteiger partial charge on any atom is 0.202 e. The maximum absolute atomic E-state index is 11.5. The van der Waals surface area contributed by atoms with Gasteiger partial charge in [0.2, 0.25) is 5.78 Å². The normalized spacial score (nSPS) is 14.7. The summed E-state index contributed by atoms with van der Waals surface area (Å²) >= 11 is 0. The predicted octanol–water partition coefficient (Wildman–Crippen LogP) is 2.46. The zero-order valence-electron chi connectivity index (χ0n) is 7.58. The van der Waals surface area contributed by atoms with E-state index in [1.54, 1.807) is 6.08 Å². The van der Waals surface area contributed by atoms with Crippen molar-refractivity contribution >= 4 is 16.7 Å². The van der Waals surface area contributed by atoms with Crippen molar-refractivity contribution in [2.24, 2.45) is 0 Å². The Morgan fingerprint density at radius 3 is 3.00 bits per heavy atom. The highest BCUT2D eigenvalue weighted by Gasteiger charge is 2.17. The standard InChI is InChI=1S/C12H9NO/c14-11-7-3-5-9-8-4-1-2-6-10(8)13-12(9)11/h1-4,6-7,13H,5H2. The zero-order valence-corrected chi connectivity index (χ0v) is 7.58. The summed E-state index contributed by atoms with van der Waals surface area (Å²) in [7, 11) is 0. The summed E-state index contributed by atoms with van der Waals surface area (Å²) in [5.74, 6) is 0.0856. The second kappa shape index (κ2) is 2.58. The molecule has 0 aliphatic heterocycles. The predicted molar refractivity (Wildman–Crippen MR) is 55.5 cm³/mol. The van der Waals surface area contributed by atoms with Gasteiger partial charge in [0.05, 0.1) is 5.69 Å². The van der Waals surface area contributed by atoms with E-state index in [2.05, 4.69) is 11.1 Å². The Labute approximate surface area is 81.2 Å². The van der Waals surface area contributed by atoms with Crippen molar-refractivity contribution in [1.82, 2.24) is 4.98 Å². The van der Waals surface area contributed by atoms with Gasteiger partial charge < -0.3 is 4.98 Å². The summed E-state index contributed by atoms with van der Waals surface area (Å²) in [6.07, 6.45) is 4.41. The molecule has 68 valence electrons. The van der Waals surface area contributed by atoms with Crippen LogP contribution in [0.25, 0.3) is 10.9 Å². The minimum Gasteiger partial charge on any atom is -0.352 e. The van der Waals surface area contributed by atoms with Crippen LogP contribution in [0.5, 0.6) is 0 Å². The van der Waals surface area contributed by atoms with E-state index in [1.165, 1.54) is 5.39 Å². The average Bonchev–Trinajstić information content (AvgIpc) is 2.59. The van der Waals surface area contributed by atoms with Gasteiger partial charge in [0.1, 0.15) is 0 Å². The van der Waals surface area contributed by atoms with Gasteiger partial charge in [0.15, 0.2) is 0 Å². The Bertz CT molecular complexity index is 548. The highest BCUT2D eigenvalue weighted by atomic mass is 16.1. The van der Waals surface area contributed by atoms with Gasteiger partial charge in [0, 0.05) is 10.9 Å². The summed E-state index contributed by atoms with van der Waals surface area (Å²) in [6.45, 7) is 0. The van der Waals surface area contributed by atoms with Gasteiger partial charge in [-0.3, -0.25) is 4.79 Å². The summed E-state index contributed by atoms with van der Waals surface area (Å²) in [5, 5.41) is 1.17. The number of benzene rings is 1. The van der Waals surface area contributed by atoms with Crippen LogP contribution in [-0.2, 0) is 6.42 Å². The fourth-order valence-corrected chi connectivity index (χ4v) is 1.99. The number of aromatic nitrogens is 1. The number of nitrogens with one attached hydrogen (secondary N) is 1. The lowest BCUT2D eigenvalue weighted by Gasteiger charge is -2.02. The van der Waals surface area contributed by atoms with E-state index in [9.17, 15) is 4.79 Å². The highest BCUT2D eigenvalue weighted by molar-refractivity contribution is 6.09. The molecule has 0 amide bonds. The molecule has 3 rings (SSSR count). The number of hydrogen-bond donors (Lipinski definition) is 1. The minimum atomic E-state index is 0.0856. The number of ketones is 1. The van der Waals surface area contributed by atoms with Gasteiger partial charge in [0.25, 0.3) is 0 Å². The molecule has 1 aliphatic carbocycles. The smallest absolute Gasteiger partial charge is 0.202 e. The first-order valence-corrected chi connectivity index (χ1v) is 4.67. The van der Waals surface area contributed by atoms with E-state index in [0.717, 1.165) is 23.2 Å². The van der Waals surface area contributed by atoms with E-state index < -0.39 is 0 Å². The summed E-state index contributed by atoms with van der Waals surface area (Å²) in [5.41, 5.74) is 2.94. The van der Waals surface area contributed by atoms with Gasteiger partial charge in [-0.2, -0.15) is 0 Å². The second-order valence-corrected chi connectivity index (χ2v) is 3.49. The number of rotatable bonds is 0. The molecule has 1 aromatic heterocycles. The molecule has 0 saturated carbocycles. The molecule has 0 radical (unpaired) electrons. The number of carbonyl (C=O) groups excluding carboxylic acids is 1. The maximum atomic E-state index is 11.5. The number of aromatic amines is 1. The molecule has 2 nitrogen and oxygen atoms in total. The molecule has 0 saturated heterocycles. The van der Waals surface area contributed by atoms with E-state index in [1.807, 2.05) is 24.3 Å². The highest BCUT2D eigenvalue weighted by Crippen LogP contribution is 2.25. The van der Waals surface area contributed by atoms with Crippen LogP contribution >= 0.6 is 0 Å². The van der Waals surface area contributed by atoms with Crippen LogP contribution in [0, 0.1) is 0 Å². The molecule has 0 spiro atoms. The lowest BCUT2D eigenvalue weighted by molar-refractivity contribution is 0.104. The number of H-pyrrole nitrogens is 1. The first kappa shape index (κ1) is 7.56. The fraction of sp³-hybridized carbons (Fsp3) is 0.0833. The first-order chi connectivity index (χ1) is 6.86. The third kappa shape index (κ3) is 0.880. The quantitative estimate of drug-likeness (QED) is 0.668. The van der Waals surface area contributed by atoms with E-state index in [-0.39, 0.29) is 5.78 Å². The number of fused-ring (bicyclic) bond motifs is 3. The van der Waals surface area contributed by atoms with Gasteiger partial charge in [-0.05, 0) is 24.1 Å². The van der Waals surface area contributed by atoms with Gasteiger partial charge in [-0.15, -0.1) is 0 Å². The van der Waals surface area contributed by atoms with Crippen LogP contribution in [0.2, 0.25) is 0 Å². The van der Waals surface area contributed by atoms with Crippen molar-refractivity contribution in [2.45, 2.75) is 6.42 Å². The van der Waals surface area contributed by atoms with E-state index in [4.69, 9.17) is 0 Å². The Morgan fingerprint density at radius 2 is 2.07 bits per heavy atom. The van der Waals surface area contributed by atoms with Crippen LogP contribution in [0.1, 0.15) is 16.1 Å². The molecular formula is C12H9NO. The minimum absolute atomic E-state index is 0.0856. The summed E-state index contributed by atoms with van der Waals surface area (Å²) < 4.78 is 0. The molecule has 0 fully saturated rings. The summed E-state index contributed by atoms with van der Waals surface area (Å²) in [6, 6.07) is 8.03. The van der Waals surface area contributed by atoms with Crippen LogP contribution < -0.4 is 0 Å². The van der Waals surface area contributed by atoms with Crippen LogP contribution in [0.15, 0.2) is 36.4 Å². The molecule has 14 heavy (non-hydrogen) atoms. The van der Waals surface area contributed by atoms with Crippen molar-refractivity contribution in [3.8, 4) is 0 Å². The Morgan fingerprint density at radius 1 is 1.21 bits per heavy atom. The van der Waals surface area contributed by atoms with Crippen molar-refractivity contribution in [1.29, 1.82) is 0 Å². The van der Waals surface area contributed by atoms with Crippen LogP contribution in [0.3, 0.4) is 0 Å². The molecule has 0 bridgehead atoms. The molecule has 2 heteroatoms. The largest absolute Gasteiger partial charge is 0.352 e. The van der Waals surface area contributed by atoms with Crippen molar-refractivity contribution < 1.29 is 4.79 Å². The topological polar surface area (TPSA) is 32.9 Å². The van der Waals surface area contributed by atoms with E-state index in [0.29, 0.717) is 0 Å². The Kier molecular flexibility index (Phi) is 1.39. The lowest BCUT2D eigenvalue weighted by atomic mass is 10.0. The lowest BCUT2D eigenvalue weighted by Crippen LogP contribution is -2.03. The van der Waals surface area contributed by atoms with Crippen LogP contribution in [-0.4, -0.2) is 10.8 Å². The van der Waals surface area contributed by atoms with Crippen molar-refractivity contribution in [3.05, 3.63) is 47.7 Å². The zero-order chi connectivity index (χ0) is 9.54. The van der Waals surface area contributed by atoms with Crippen molar-refractivity contribution in [2.75, 3.05) is 0 Å². The number of hydrogen-bond acceptors (Lipinski definition) is 1. The Balaban J connectivity index is 2.41. The molecular weight excluding hydrogens is 174 g/mol. The summed E-state index contributed by atoms with van der Waals surface area (Å²) in [4.78, 5) is 14.7. The molecule has 1 aliphatic rings. The second-order valence-electron chi connectivity index (χ2n) is 3.49. The fourth-order valence-electron chi connectivity index (χ4n) is 1.99. The van der Waals surface area contributed by atoms with Gasteiger partial charge >= 0.3 is 0 Å². The molecule has 1 aromatic carbocycles. The molecule has 0 atom stereocenters. The molecule has 2 aromatic rings. The third-order valence-electron chi connectivity index (χ3n) is 2.65. The molecule has 1 heterocycles. The Hall–Kier alpha value is -1.83. The number of allylic oxidation sites excluding steroid dienone is 2. The number of carbonyl (C=O) groups is 1. The average molecular weight is 183 g/mol. The third-order valence-corrected chi connectivity index (χ3v) is 2.65.